The average Bonchev–Trinajstić information content (AvgIpc) is 3.04. The topological polar surface area (TPSA) is 119 Å². The first-order valence-corrected chi connectivity index (χ1v) is 12.1. The van der Waals surface area contributed by atoms with E-state index in [9.17, 15) is 16.8 Å². The molecule has 2 aromatic carbocycles. The molecule has 3 N–H and O–H groups in total. The number of nitrogens with zero attached hydrogens (tertiary/aromatic N) is 1. The van der Waals surface area contributed by atoms with Gasteiger partial charge in [0.2, 0.25) is 19.9 Å². The summed E-state index contributed by atoms with van der Waals surface area (Å²) >= 11 is 7.04. The summed E-state index contributed by atoms with van der Waals surface area (Å²) < 4.78 is 49.9. The molecule has 1 aromatic heterocycles. The number of nitrogens with two attached hydrogens (primary N) is 1. The fraction of sp³-hybridized carbons (Fsp3) is 0.118. The third kappa shape index (κ3) is 4.53. The van der Waals surface area contributed by atoms with Gasteiger partial charge in [-0.3, -0.25) is 0 Å². The van der Waals surface area contributed by atoms with Crippen molar-refractivity contribution in [3.63, 3.8) is 0 Å². The molecule has 0 aliphatic rings. The number of aromatic nitrogens is 1. The number of primary sulfonamides is 1. The number of rotatable bonds is 6. The van der Waals surface area contributed by atoms with Gasteiger partial charge in [0.1, 0.15) is 0 Å². The Hall–Kier alpha value is -1.98. The average molecular weight is 458 g/mol. The van der Waals surface area contributed by atoms with Gasteiger partial charge in [0.05, 0.1) is 26.9 Å². The van der Waals surface area contributed by atoms with E-state index in [0.717, 1.165) is 10.4 Å². The smallest absolute Gasteiger partial charge is 0.238 e. The zero-order valence-corrected chi connectivity index (χ0v) is 17.8. The number of benzene rings is 2. The number of anilines is 1. The lowest BCUT2D eigenvalue weighted by atomic mass is 10.2. The number of sulfonamides is 1. The molecule has 11 heteroatoms. The fourth-order valence-corrected chi connectivity index (χ4v) is 5.32. The van der Waals surface area contributed by atoms with Crippen molar-refractivity contribution in [2.24, 2.45) is 5.14 Å². The first kappa shape index (κ1) is 20.7. The van der Waals surface area contributed by atoms with Crippen molar-refractivity contribution in [1.29, 1.82) is 0 Å². The van der Waals surface area contributed by atoms with Gasteiger partial charge in [-0.1, -0.05) is 29.3 Å². The summed E-state index contributed by atoms with van der Waals surface area (Å²) in [4.78, 5) is 4.53. The van der Waals surface area contributed by atoms with Crippen molar-refractivity contribution >= 4 is 48.5 Å². The number of aryl methyl sites for hydroxylation is 1. The van der Waals surface area contributed by atoms with Crippen LogP contribution in [0.1, 0.15) is 10.4 Å². The summed E-state index contributed by atoms with van der Waals surface area (Å²) in [6.45, 7) is 2.07. The monoisotopic (exact) mass is 457 g/mol. The minimum Gasteiger partial charge on any atom is -0.379 e. The van der Waals surface area contributed by atoms with Crippen LogP contribution < -0.4 is 10.5 Å². The summed E-state index contributed by atoms with van der Waals surface area (Å²) in [5.41, 5.74) is 1.04. The maximum absolute atomic E-state index is 13.1. The van der Waals surface area contributed by atoms with E-state index >= 15 is 0 Å². The molecule has 0 radical (unpaired) electrons. The molecule has 0 fully saturated rings. The van der Waals surface area contributed by atoms with Gasteiger partial charge in [0.25, 0.3) is 0 Å². The number of thiazole rings is 1. The van der Waals surface area contributed by atoms with Crippen molar-refractivity contribution in [2.45, 2.75) is 28.2 Å². The van der Waals surface area contributed by atoms with Crippen molar-refractivity contribution in [1.82, 2.24) is 4.98 Å². The van der Waals surface area contributed by atoms with E-state index < -0.39 is 19.9 Å². The molecule has 0 atom stereocenters. The Morgan fingerprint density at radius 3 is 2.29 bits per heavy atom. The Morgan fingerprint density at radius 2 is 1.71 bits per heavy atom. The van der Waals surface area contributed by atoms with Crippen molar-refractivity contribution in [3.8, 4) is 0 Å². The van der Waals surface area contributed by atoms with E-state index in [2.05, 4.69) is 10.3 Å². The van der Waals surface area contributed by atoms with Crippen LogP contribution in [0, 0.1) is 6.92 Å². The van der Waals surface area contributed by atoms with Gasteiger partial charge >= 0.3 is 0 Å². The molecule has 0 spiro atoms. The third-order valence-electron chi connectivity index (χ3n) is 3.88. The number of nitrogens with one attached hydrogen (secondary N) is 1. The molecule has 3 aromatic rings. The summed E-state index contributed by atoms with van der Waals surface area (Å²) in [5, 5.41) is 8.15. The van der Waals surface area contributed by atoms with Crippen LogP contribution >= 0.6 is 22.9 Å². The molecule has 0 unspecified atom stereocenters. The lowest BCUT2D eigenvalue weighted by molar-refractivity contribution is 0.593. The maximum Gasteiger partial charge on any atom is 0.238 e. The van der Waals surface area contributed by atoms with E-state index in [-0.39, 0.29) is 26.9 Å². The highest BCUT2D eigenvalue weighted by Gasteiger charge is 2.23. The molecule has 0 saturated heterocycles. The van der Waals surface area contributed by atoms with Crippen LogP contribution in [0.5, 0.6) is 0 Å². The van der Waals surface area contributed by atoms with Crippen LogP contribution in [-0.4, -0.2) is 21.8 Å². The van der Waals surface area contributed by atoms with Crippen LogP contribution in [0.25, 0.3) is 0 Å². The largest absolute Gasteiger partial charge is 0.379 e. The van der Waals surface area contributed by atoms with Crippen LogP contribution in [0.4, 0.5) is 5.69 Å². The molecule has 3 rings (SSSR count). The fourth-order valence-electron chi connectivity index (χ4n) is 2.45. The highest BCUT2D eigenvalue weighted by molar-refractivity contribution is 7.91. The molecular formula is C17H16ClN3O4S3. The van der Waals surface area contributed by atoms with E-state index in [1.54, 1.807) is 18.3 Å². The Kier molecular flexibility index (Phi) is 5.78. The lowest BCUT2D eigenvalue weighted by Crippen LogP contribution is -2.14. The van der Waals surface area contributed by atoms with Crippen LogP contribution in [-0.2, 0) is 26.4 Å². The summed E-state index contributed by atoms with van der Waals surface area (Å²) in [6.07, 6.45) is 1.55. The van der Waals surface area contributed by atoms with E-state index in [1.165, 1.54) is 41.7 Å². The quantitative estimate of drug-likeness (QED) is 0.586. The SMILES string of the molecule is Cc1ccc(S(=O)(=O)c2ccc(S(N)(=O)=O)cc2NCc2cnc(Cl)s2)cc1. The predicted molar refractivity (Wildman–Crippen MR) is 109 cm³/mol. The van der Waals surface area contributed by atoms with Gasteiger partial charge in [-0.2, -0.15) is 0 Å². The van der Waals surface area contributed by atoms with Gasteiger partial charge in [0.15, 0.2) is 4.47 Å². The van der Waals surface area contributed by atoms with Gasteiger partial charge in [0, 0.05) is 11.1 Å². The number of hydrogen-bond donors (Lipinski definition) is 2. The summed E-state index contributed by atoms with van der Waals surface area (Å²) in [6, 6.07) is 10.0. The molecule has 0 bridgehead atoms. The van der Waals surface area contributed by atoms with E-state index in [1.807, 2.05) is 6.92 Å². The van der Waals surface area contributed by atoms with Crippen molar-refractivity contribution in [3.05, 3.63) is 63.6 Å². The molecule has 0 amide bonds. The zero-order chi connectivity index (χ0) is 20.5. The van der Waals surface area contributed by atoms with Gasteiger partial charge in [-0.05, 0) is 37.3 Å². The van der Waals surface area contributed by atoms with Crippen LogP contribution in [0.3, 0.4) is 0 Å². The van der Waals surface area contributed by atoms with E-state index in [0.29, 0.717) is 4.47 Å². The minimum atomic E-state index is -4.00. The Labute approximate surface area is 172 Å². The second-order valence-electron chi connectivity index (χ2n) is 5.95. The third-order valence-corrected chi connectivity index (χ3v) is 7.73. The number of halogens is 1. The zero-order valence-electron chi connectivity index (χ0n) is 14.6. The minimum absolute atomic E-state index is 0.0561. The highest BCUT2D eigenvalue weighted by atomic mass is 35.5. The molecule has 0 saturated carbocycles. The van der Waals surface area contributed by atoms with Gasteiger partial charge < -0.3 is 5.32 Å². The summed E-state index contributed by atoms with van der Waals surface area (Å²) in [5.74, 6) is 0. The lowest BCUT2D eigenvalue weighted by Gasteiger charge is -2.14. The van der Waals surface area contributed by atoms with Crippen molar-refractivity contribution < 1.29 is 16.8 Å². The van der Waals surface area contributed by atoms with Gasteiger partial charge in [-0.25, -0.2) is 27.0 Å². The molecule has 148 valence electrons. The second-order valence-corrected chi connectivity index (χ2v) is 11.1. The molecule has 28 heavy (non-hydrogen) atoms. The molecule has 1 heterocycles. The standard InChI is InChI=1S/C17H16ClN3O4S3/c1-11-2-4-13(5-3-11)27(22,23)16-7-6-14(28(19,24)25)8-15(16)20-9-12-10-21-17(18)26-12/h2-8,10,20H,9H2,1H3,(H2,19,24,25). The first-order chi connectivity index (χ1) is 13.1. The highest BCUT2D eigenvalue weighted by Crippen LogP contribution is 2.31. The van der Waals surface area contributed by atoms with Crippen LogP contribution in [0.2, 0.25) is 4.47 Å². The molecule has 0 aliphatic heterocycles. The maximum atomic E-state index is 13.1. The number of hydrogen-bond acceptors (Lipinski definition) is 7. The molecule has 7 nitrogen and oxygen atoms in total. The van der Waals surface area contributed by atoms with Gasteiger partial charge in [-0.15, -0.1) is 11.3 Å². The molecular weight excluding hydrogens is 442 g/mol. The first-order valence-electron chi connectivity index (χ1n) is 7.90. The summed E-state index contributed by atoms with van der Waals surface area (Å²) in [7, 11) is -7.89. The second kappa shape index (κ2) is 7.80. The van der Waals surface area contributed by atoms with Crippen LogP contribution in [0.15, 0.2) is 63.3 Å². The van der Waals surface area contributed by atoms with E-state index in [4.69, 9.17) is 16.7 Å². The molecule has 0 aliphatic carbocycles. The Balaban J connectivity index is 2.07. The van der Waals surface area contributed by atoms with Crippen molar-refractivity contribution in [2.75, 3.05) is 5.32 Å². The predicted octanol–water partition coefficient (Wildman–Crippen LogP) is 3.20. The Bertz CT molecular complexity index is 1220. The normalized spacial score (nSPS) is 12.1. The Morgan fingerprint density at radius 1 is 1.07 bits per heavy atom. The number of sulfone groups is 1.